The monoisotopic (exact) mass is 340 g/mol. The number of fused-ring (bicyclic) bond motifs is 1. The molecule has 1 aliphatic heterocycles. The Morgan fingerprint density at radius 2 is 2.05 bits per heavy atom. The van der Waals surface area contributed by atoms with E-state index in [1.165, 1.54) is 4.31 Å². The summed E-state index contributed by atoms with van der Waals surface area (Å²) in [7, 11) is -3.39. The van der Waals surface area contributed by atoms with Crippen molar-refractivity contribution in [3.8, 4) is 0 Å². The molecule has 1 aromatic carbocycles. The third kappa shape index (κ3) is 2.73. The van der Waals surface area contributed by atoms with Crippen molar-refractivity contribution in [2.75, 3.05) is 4.31 Å². The molecule has 0 fully saturated rings. The highest BCUT2D eigenvalue weighted by molar-refractivity contribution is 7.92. The van der Waals surface area contributed by atoms with Crippen molar-refractivity contribution >= 4 is 27.3 Å². The summed E-state index contributed by atoms with van der Waals surface area (Å²) in [6.45, 7) is 6.19. The fourth-order valence-corrected chi connectivity index (χ4v) is 4.14. The number of halogens is 1. The summed E-state index contributed by atoms with van der Waals surface area (Å²) >= 11 is 5.99. The molecule has 0 unspecified atom stereocenters. The number of rotatable bonds is 2. The zero-order chi connectivity index (χ0) is 16.1. The van der Waals surface area contributed by atoms with E-state index in [-0.39, 0.29) is 17.7 Å². The fraction of sp³-hybridized carbons (Fsp3) is 0.400. The molecule has 0 saturated heterocycles. The molecule has 0 amide bonds. The molecule has 1 aliphatic rings. The summed E-state index contributed by atoms with van der Waals surface area (Å²) in [5.74, 6) is 0.717. The van der Waals surface area contributed by atoms with E-state index >= 15 is 0 Å². The number of hydrogen-bond donors (Lipinski definition) is 0. The van der Waals surface area contributed by atoms with Crippen molar-refractivity contribution in [1.82, 2.24) is 5.16 Å². The quantitative estimate of drug-likeness (QED) is 0.839. The van der Waals surface area contributed by atoms with Gasteiger partial charge < -0.3 is 4.52 Å². The van der Waals surface area contributed by atoms with Crippen molar-refractivity contribution in [2.45, 2.75) is 38.5 Å². The van der Waals surface area contributed by atoms with Gasteiger partial charge in [0.2, 0.25) is 10.0 Å². The Labute approximate surface area is 134 Å². The van der Waals surface area contributed by atoms with Gasteiger partial charge in [-0.05, 0) is 17.7 Å². The van der Waals surface area contributed by atoms with Gasteiger partial charge in [-0.25, -0.2) is 8.42 Å². The zero-order valence-corrected chi connectivity index (χ0v) is 14.2. The Balaban J connectivity index is 1.95. The second kappa shape index (κ2) is 4.99. The minimum atomic E-state index is -3.39. The van der Waals surface area contributed by atoms with Crippen LogP contribution >= 0.6 is 11.6 Å². The molecule has 5 nitrogen and oxygen atoms in total. The number of aromatic nitrogens is 1. The summed E-state index contributed by atoms with van der Waals surface area (Å²) in [5, 5.41) is 4.50. The maximum absolute atomic E-state index is 12.4. The summed E-state index contributed by atoms with van der Waals surface area (Å²) in [6.07, 6.45) is 0. The Hall–Kier alpha value is -1.53. The van der Waals surface area contributed by atoms with Crippen molar-refractivity contribution in [3.63, 3.8) is 0 Å². The van der Waals surface area contributed by atoms with E-state index in [0.717, 1.165) is 11.3 Å². The molecule has 0 N–H and O–H groups in total. The molecule has 7 heteroatoms. The molecule has 0 spiro atoms. The summed E-state index contributed by atoms with van der Waals surface area (Å²) < 4.78 is 31.4. The molecule has 0 aliphatic carbocycles. The first-order valence-electron chi connectivity index (χ1n) is 6.92. The highest BCUT2D eigenvalue weighted by atomic mass is 35.5. The van der Waals surface area contributed by atoms with Gasteiger partial charge in [-0.2, -0.15) is 0 Å². The van der Waals surface area contributed by atoms with E-state index < -0.39 is 10.0 Å². The Kier molecular flexibility index (Phi) is 3.49. The van der Waals surface area contributed by atoms with Gasteiger partial charge in [0.15, 0.2) is 0 Å². The van der Waals surface area contributed by atoms with Crippen LogP contribution in [0.5, 0.6) is 0 Å². The number of nitrogens with zero attached hydrogens (tertiary/aromatic N) is 2. The zero-order valence-electron chi connectivity index (χ0n) is 12.6. The van der Waals surface area contributed by atoms with Crippen LogP contribution in [0.25, 0.3) is 0 Å². The molecular weight excluding hydrogens is 324 g/mol. The number of hydrogen-bond acceptors (Lipinski definition) is 4. The SMILES string of the molecule is CC(C)(C)c1cc(CN2c3cc(Cl)ccc3CS2(=O)=O)no1. The molecule has 0 atom stereocenters. The van der Waals surface area contributed by atoms with Crippen molar-refractivity contribution in [1.29, 1.82) is 0 Å². The fourth-order valence-electron chi connectivity index (χ4n) is 2.39. The second-order valence-electron chi connectivity index (χ2n) is 6.47. The topological polar surface area (TPSA) is 63.4 Å². The molecule has 1 aromatic heterocycles. The largest absolute Gasteiger partial charge is 0.361 e. The van der Waals surface area contributed by atoms with Crippen LogP contribution in [0, 0.1) is 0 Å². The lowest BCUT2D eigenvalue weighted by molar-refractivity contribution is 0.326. The van der Waals surface area contributed by atoms with E-state index in [4.69, 9.17) is 16.1 Å². The van der Waals surface area contributed by atoms with E-state index in [0.29, 0.717) is 16.4 Å². The van der Waals surface area contributed by atoms with E-state index in [1.54, 1.807) is 24.3 Å². The summed E-state index contributed by atoms with van der Waals surface area (Å²) in [6, 6.07) is 6.93. The lowest BCUT2D eigenvalue weighted by Crippen LogP contribution is -2.26. The number of benzene rings is 1. The molecule has 0 radical (unpaired) electrons. The molecule has 3 rings (SSSR count). The molecule has 22 heavy (non-hydrogen) atoms. The van der Waals surface area contributed by atoms with E-state index in [2.05, 4.69) is 5.16 Å². The molecule has 0 saturated carbocycles. The van der Waals surface area contributed by atoms with Crippen molar-refractivity contribution < 1.29 is 12.9 Å². The standard InChI is InChI=1S/C15H17ClN2O3S/c1-15(2,3)14-7-12(17-21-14)8-18-13-6-11(16)5-4-10(13)9-22(18,19)20/h4-7H,8-9H2,1-3H3. The Morgan fingerprint density at radius 3 is 2.68 bits per heavy atom. The smallest absolute Gasteiger partial charge is 0.239 e. The van der Waals surface area contributed by atoms with Crippen LogP contribution in [-0.4, -0.2) is 13.6 Å². The first kappa shape index (κ1) is 15.4. The first-order chi connectivity index (χ1) is 10.2. The third-order valence-electron chi connectivity index (χ3n) is 3.59. The summed E-state index contributed by atoms with van der Waals surface area (Å²) in [5.41, 5.74) is 1.79. The van der Waals surface area contributed by atoms with Crippen molar-refractivity contribution in [3.05, 3.63) is 46.3 Å². The van der Waals surface area contributed by atoms with Crippen LogP contribution in [0.1, 0.15) is 37.8 Å². The minimum absolute atomic E-state index is 0.0104. The molecule has 2 aromatic rings. The van der Waals surface area contributed by atoms with Gasteiger partial charge >= 0.3 is 0 Å². The van der Waals surface area contributed by atoms with E-state index in [9.17, 15) is 8.42 Å². The lowest BCUT2D eigenvalue weighted by Gasteiger charge is -2.17. The Morgan fingerprint density at radius 1 is 1.32 bits per heavy atom. The Bertz CT molecular complexity index is 822. The van der Waals surface area contributed by atoms with Gasteiger partial charge in [0.05, 0.1) is 18.0 Å². The van der Waals surface area contributed by atoms with Crippen LogP contribution in [0.3, 0.4) is 0 Å². The average molecular weight is 341 g/mol. The van der Waals surface area contributed by atoms with Gasteiger partial charge in [0.1, 0.15) is 11.5 Å². The van der Waals surface area contributed by atoms with Gasteiger partial charge in [-0.15, -0.1) is 0 Å². The normalized spacial score (nSPS) is 16.8. The number of anilines is 1. The molecular formula is C15H17ClN2O3S. The highest BCUT2D eigenvalue weighted by Gasteiger charge is 2.34. The average Bonchev–Trinajstić information content (AvgIpc) is 2.94. The van der Waals surface area contributed by atoms with Crippen LogP contribution in [-0.2, 0) is 27.7 Å². The van der Waals surface area contributed by atoms with E-state index in [1.807, 2.05) is 20.8 Å². The van der Waals surface area contributed by atoms with Crippen LogP contribution < -0.4 is 4.31 Å². The molecule has 118 valence electrons. The minimum Gasteiger partial charge on any atom is -0.361 e. The van der Waals surface area contributed by atoms with Crippen molar-refractivity contribution in [2.24, 2.45) is 0 Å². The van der Waals surface area contributed by atoms with Crippen LogP contribution in [0.15, 0.2) is 28.8 Å². The molecule has 0 bridgehead atoms. The van der Waals surface area contributed by atoms with Crippen LogP contribution in [0.2, 0.25) is 5.02 Å². The van der Waals surface area contributed by atoms with Gasteiger partial charge in [0, 0.05) is 16.5 Å². The first-order valence-corrected chi connectivity index (χ1v) is 8.90. The van der Waals surface area contributed by atoms with Gasteiger partial charge in [-0.1, -0.05) is 43.6 Å². The number of sulfonamides is 1. The van der Waals surface area contributed by atoms with Gasteiger partial charge in [-0.3, -0.25) is 4.31 Å². The second-order valence-corrected chi connectivity index (χ2v) is 8.80. The maximum Gasteiger partial charge on any atom is 0.239 e. The lowest BCUT2D eigenvalue weighted by atomic mass is 9.93. The molecule has 2 heterocycles. The predicted molar refractivity (Wildman–Crippen MR) is 85.5 cm³/mol. The third-order valence-corrected chi connectivity index (χ3v) is 5.50. The van der Waals surface area contributed by atoms with Crippen LogP contribution in [0.4, 0.5) is 5.69 Å². The maximum atomic E-state index is 12.4. The highest BCUT2D eigenvalue weighted by Crippen LogP contribution is 2.36. The predicted octanol–water partition coefficient (Wildman–Crippen LogP) is 3.48. The summed E-state index contributed by atoms with van der Waals surface area (Å²) in [4.78, 5) is 0. The van der Waals surface area contributed by atoms with Gasteiger partial charge in [0.25, 0.3) is 0 Å².